The Kier molecular flexibility index (Phi) is 4.55. The van der Waals surface area contributed by atoms with Crippen molar-refractivity contribution in [1.29, 1.82) is 0 Å². The first-order chi connectivity index (χ1) is 11.6. The van der Waals surface area contributed by atoms with Gasteiger partial charge in [-0.25, -0.2) is 9.97 Å². The molecule has 3 rings (SSSR count). The van der Waals surface area contributed by atoms with Gasteiger partial charge in [0, 0.05) is 25.4 Å². The van der Waals surface area contributed by atoms with Crippen LogP contribution < -0.4 is 5.32 Å². The van der Waals surface area contributed by atoms with E-state index in [1.165, 1.54) is 0 Å². The van der Waals surface area contributed by atoms with E-state index in [-0.39, 0.29) is 17.9 Å². The molecule has 1 aromatic carbocycles. The van der Waals surface area contributed by atoms with Gasteiger partial charge in [-0.1, -0.05) is 18.2 Å². The smallest absolute Gasteiger partial charge is 0.259 e. The third kappa shape index (κ3) is 3.27. The maximum Gasteiger partial charge on any atom is 0.259 e. The molecule has 124 valence electrons. The van der Waals surface area contributed by atoms with Crippen molar-refractivity contribution < 1.29 is 9.59 Å². The van der Waals surface area contributed by atoms with Crippen LogP contribution in [0.4, 0.5) is 5.69 Å². The fraction of sp³-hybridized carbons (Fsp3) is 0.333. The summed E-state index contributed by atoms with van der Waals surface area (Å²) in [4.78, 5) is 34.7. The van der Waals surface area contributed by atoms with E-state index in [2.05, 4.69) is 15.3 Å². The molecule has 2 amide bonds. The number of amides is 2. The maximum atomic E-state index is 12.4. The Morgan fingerprint density at radius 2 is 2.00 bits per heavy atom. The zero-order valence-electron chi connectivity index (χ0n) is 13.8. The second-order valence-electron chi connectivity index (χ2n) is 5.92. The Bertz CT molecular complexity index is 761. The molecular formula is C18H20N4O2. The number of likely N-dealkylation sites (tertiary alicyclic amines) is 1. The van der Waals surface area contributed by atoms with Crippen LogP contribution in [0.2, 0.25) is 0 Å². The van der Waals surface area contributed by atoms with Gasteiger partial charge in [-0.15, -0.1) is 0 Å². The van der Waals surface area contributed by atoms with Gasteiger partial charge < -0.3 is 10.2 Å². The topological polar surface area (TPSA) is 75.2 Å². The zero-order valence-corrected chi connectivity index (χ0v) is 13.8. The van der Waals surface area contributed by atoms with Crippen LogP contribution in [0.25, 0.3) is 0 Å². The molecule has 2 heterocycles. The summed E-state index contributed by atoms with van der Waals surface area (Å²) >= 11 is 0. The third-order valence-corrected chi connectivity index (χ3v) is 4.23. The van der Waals surface area contributed by atoms with Crippen LogP contribution in [0.5, 0.6) is 0 Å². The Balaban J connectivity index is 1.80. The van der Waals surface area contributed by atoms with E-state index in [1.54, 1.807) is 24.9 Å². The number of para-hydroxylation sites is 1. The standard InChI is InChI=1S/C18H20N4O2/c1-12-15(18(24)21-14-7-4-3-5-8-14)11-19-17(20-12)16-9-6-10-22(16)13(2)23/h3-5,7-8,11,16H,6,9-10H2,1-2H3,(H,21,24)/t16-/m0/s1. The highest BCUT2D eigenvalue weighted by Crippen LogP contribution is 2.30. The highest BCUT2D eigenvalue weighted by Gasteiger charge is 2.30. The van der Waals surface area contributed by atoms with Gasteiger partial charge in [-0.2, -0.15) is 0 Å². The normalized spacial score (nSPS) is 16.9. The number of benzene rings is 1. The Morgan fingerprint density at radius 3 is 2.67 bits per heavy atom. The van der Waals surface area contributed by atoms with Gasteiger partial charge >= 0.3 is 0 Å². The van der Waals surface area contributed by atoms with Crippen LogP contribution in [0.15, 0.2) is 36.5 Å². The van der Waals surface area contributed by atoms with Gasteiger partial charge in [-0.05, 0) is 31.9 Å². The van der Waals surface area contributed by atoms with Crippen molar-refractivity contribution in [1.82, 2.24) is 14.9 Å². The number of carbonyl (C=O) groups is 2. The van der Waals surface area contributed by atoms with Crippen molar-refractivity contribution >= 4 is 17.5 Å². The first-order valence-electron chi connectivity index (χ1n) is 8.03. The number of nitrogens with zero attached hydrogens (tertiary/aromatic N) is 3. The van der Waals surface area contributed by atoms with Gasteiger partial charge in [0.05, 0.1) is 17.3 Å². The lowest BCUT2D eigenvalue weighted by Gasteiger charge is -2.22. The van der Waals surface area contributed by atoms with Crippen LogP contribution in [-0.4, -0.2) is 33.2 Å². The molecule has 1 saturated heterocycles. The lowest BCUT2D eigenvalue weighted by atomic mass is 10.1. The lowest BCUT2D eigenvalue weighted by Crippen LogP contribution is -2.29. The van der Waals surface area contributed by atoms with Crippen molar-refractivity contribution in [2.45, 2.75) is 32.7 Å². The molecule has 6 nitrogen and oxygen atoms in total. The summed E-state index contributed by atoms with van der Waals surface area (Å²) in [7, 11) is 0. The SMILES string of the molecule is CC(=O)N1CCC[C@H]1c1ncc(C(=O)Nc2ccccc2)c(C)n1. The highest BCUT2D eigenvalue weighted by atomic mass is 16.2. The van der Waals surface area contributed by atoms with Gasteiger partial charge in [0.25, 0.3) is 5.91 Å². The van der Waals surface area contributed by atoms with E-state index >= 15 is 0 Å². The number of rotatable bonds is 3. The van der Waals surface area contributed by atoms with E-state index < -0.39 is 0 Å². The summed E-state index contributed by atoms with van der Waals surface area (Å²) in [5, 5.41) is 2.83. The van der Waals surface area contributed by atoms with E-state index in [4.69, 9.17) is 0 Å². The molecule has 0 spiro atoms. The van der Waals surface area contributed by atoms with Gasteiger partial charge in [-0.3, -0.25) is 9.59 Å². The molecule has 1 N–H and O–H groups in total. The molecular weight excluding hydrogens is 304 g/mol. The van der Waals surface area contributed by atoms with Crippen LogP contribution in [-0.2, 0) is 4.79 Å². The molecule has 6 heteroatoms. The second-order valence-corrected chi connectivity index (χ2v) is 5.92. The minimum absolute atomic E-state index is 0.0321. The van der Waals surface area contributed by atoms with Crippen molar-refractivity contribution in [3.63, 3.8) is 0 Å². The summed E-state index contributed by atoms with van der Waals surface area (Å²) in [5.41, 5.74) is 1.78. The third-order valence-electron chi connectivity index (χ3n) is 4.23. The lowest BCUT2D eigenvalue weighted by molar-refractivity contribution is -0.129. The summed E-state index contributed by atoms with van der Waals surface area (Å²) in [6.45, 7) is 4.09. The maximum absolute atomic E-state index is 12.4. The molecule has 1 aliphatic rings. The fourth-order valence-electron chi connectivity index (χ4n) is 3.00. The molecule has 1 aromatic heterocycles. The molecule has 1 fully saturated rings. The van der Waals surface area contributed by atoms with E-state index in [1.807, 2.05) is 30.3 Å². The number of hydrogen-bond donors (Lipinski definition) is 1. The number of nitrogens with one attached hydrogen (secondary N) is 1. The first-order valence-corrected chi connectivity index (χ1v) is 8.03. The highest BCUT2D eigenvalue weighted by molar-refractivity contribution is 6.04. The molecule has 24 heavy (non-hydrogen) atoms. The molecule has 0 radical (unpaired) electrons. The summed E-state index contributed by atoms with van der Waals surface area (Å²) in [5.74, 6) is 0.404. The average Bonchev–Trinajstić information content (AvgIpc) is 3.05. The molecule has 0 aliphatic carbocycles. The van der Waals surface area contributed by atoms with Crippen molar-refractivity contribution in [2.24, 2.45) is 0 Å². The quantitative estimate of drug-likeness (QED) is 0.942. The first kappa shape index (κ1) is 16.1. The van der Waals surface area contributed by atoms with E-state index in [0.29, 0.717) is 17.1 Å². The largest absolute Gasteiger partial charge is 0.333 e. The monoisotopic (exact) mass is 324 g/mol. The van der Waals surface area contributed by atoms with Crippen molar-refractivity contribution in [3.8, 4) is 0 Å². The summed E-state index contributed by atoms with van der Waals surface area (Å²) in [6, 6.07) is 9.17. The average molecular weight is 324 g/mol. The molecule has 0 unspecified atom stereocenters. The predicted octanol–water partition coefficient (Wildman–Crippen LogP) is 2.72. The number of aryl methyl sites for hydroxylation is 1. The van der Waals surface area contributed by atoms with E-state index in [0.717, 1.165) is 25.1 Å². The Morgan fingerprint density at radius 1 is 1.25 bits per heavy atom. The molecule has 2 aromatic rings. The minimum atomic E-state index is -0.236. The fourth-order valence-corrected chi connectivity index (χ4v) is 3.00. The number of hydrogen-bond acceptors (Lipinski definition) is 4. The van der Waals surface area contributed by atoms with Gasteiger partial charge in [0.15, 0.2) is 5.82 Å². The van der Waals surface area contributed by atoms with Crippen molar-refractivity contribution in [2.75, 3.05) is 11.9 Å². The van der Waals surface area contributed by atoms with Crippen LogP contribution in [0.1, 0.15) is 47.7 Å². The molecule has 0 saturated carbocycles. The van der Waals surface area contributed by atoms with Crippen molar-refractivity contribution in [3.05, 3.63) is 53.6 Å². The molecule has 1 atom stereocenters. The van der Waals surface area contributed by atoms with Crippen LogP contribution in [0, 0.1) is 6.92 Å². The number of carbonyl (C=O) groups excluding carboxylic acids is 2. The number of anilines is 1. The summed E-state index contributed by atoms with van der Waals surface area (Å²) < 4.78 is 0. The van der Waals surface area contributed by atoms with Gasteiger partial charge in [0.2, 0.25) is 5.91 Å². The van der Waals surface area contributed by atoms with Crippen LogP contribution >= 0.6 is 0 Å². The Labute approximate surface area is 140 Å². The van der Waals surface area contributed by atoms with E-state index in [9.17, 15) is 9.59 Å². The Hall–Kier alpha value is -2.76. The minimum Gasteiger partial charge on any atom is -0.333 e. The number of aromatic nitrogens is 2. The molecule has 1 aliphatic heterocycles. The summed E-state index contributed by atoms with van der Waals surface area (Å²) in [6.07, 6.45) is 3.35. The van der Waals surface area contributed by atoms with Gasteiger partial charge in [0.1, 0.15) is 0 Å². The predicted molar refractivity (Wildman–Crippen MR) is 90.5 cm³/mol. The second kappa shape index (κ2) is 6.78. The van der Waals surface area contributed by atoms with Crippen LogP contribution in [0.3, 0.4) is 0 Å². The zero-order chi connectivity index (χ0) is 17.1. The molecule has 0 bridgehead atoms.